The van der Waals surface area contributed by atoms with Crippen LogP contribution in [0.25, 0.3) is 10.9 Å². The Morgan fingerprint density at radius 1 is 1.35 bits per heavy atom. The summed E-state index contributed by atoms with van der Waals surface area (Å²) in [5, 5.41) is 11.4. The van der Waals surface area contributed by atoms with Crippen molar-refractivity contribution < 1.29 is 14.5 Å². The number of hydrogen-bond acceptors (Lipinski definition) is 4. The van der Waals surface area contributed by atoms with Crippen LogP contribution in [0.5, 0.6) is 0 Å². The van der Waals surface area contributed by atoms with E-state index in [1.807, 2.05) is 0 Å². The first-order valence-electron chi connectivity index (χ1n) is 6.16. The van der Waals surface area contributed by atoms with Crippen molar-refractivity contribution in [2.75, 3.05) is 0 Å². The predicted octanol–water partition coefficient (Wildman–Crippen LogP) is 3.04. The van der Waals surface area contributed by atoms with Crippen molar-refractivity contribution in [1.82, 2.24) is 4.57 Å². The number of aromatic nitrogens is 1. The third-order valence-electron chi connectivity index (χ3n) is 2.80. The molecule has 2 rings (SSSR count). The minimum Gasteiger partial charge on any atom is -0.456 e. The molecule has 0 aliphatic heterocycles. The topological polar surface area (TPSA) is 74.4 Å². The second kappa shape index (κ2) is 4.63. The van der Waals surface area contributed by atoms with Gasteiger partial charge in [-0.25, -0.2) is 4.79 Å². The first-order chi connectivity index (χ1) is 9.19. The molecule has 20 heavy (non-hydrogen) atoms. The maximum absolute atomic E-state index is 12.2. The molecule has 0 spiro atoms. The average molecular weight is 276 g/mol. The molecule has 0 aliphatic carbocycles. The van der Waals surface area contributed by atoms with E-state index in [2.05, 4.69) is 0 Å². The van der Waals surface area contributed by atoms with Crippen LogP contribution in [0.2, 0.25) is 0 Å². The zero-order valence-corrected chi connectivity index (χ0v) is 11.8. The number of non-ortho nitro benzene ring substituents is 1. The SMILES string of the molecule is Cn1cc(C(=O)OC(C)(C)C)c2cc([N+](=O)[O-])ccc21. The van der Waals surface area contributed by atoms with Gasteiger partial charge in [-0.3, -0.25) is 10.1 Å². The molecule has 1 heterocycles. The van der Waals surface area contributed by atoms with E-state index < -0.39 is 16.5 Å². The van der Waals surface area contributed by atoms with Crippen LogP contribution in [0.15, 0.2) is 24.4 Å². The number of ether oxygens (including phenoxy) is 1. The van der Waals surface area contributed by atoms with E-state index in [1.165, 1.54) is 12.1 Å². The lowest BCUT2D eigenvalue weighted by Gasteiger charge is -2.19. The van der Waals surface area contributed by atoms with Crippen molar-refractivity contribution >= 4 is 22.6 Å². The van der Waals surface area contributed by atoms with Gasteiger partial charge in [-0.05, 0) is 26.8 Å². The maximum atomic E-state index is 12.2. The fourth-order valence-corrected chi connectivity index (χ4v) is 1.99. The maximum Gasteiger partial charge on any atom is 0.340 e. The number of rotatable bonds is 2. The standard InChI is InChI=1S/C14H16N2O4/c1-14(2,3)20-13(17)11-8-15(4)12-6-5-9(16(18)19)7-10(11)12/h5-8H,1-4H3. The highest BCUT2D eigenvalue weighted by molar-refractivity contribution is 6.05. The monoisotopic (exact) mass is 276 g/mol. The number of benzene rings is 1. The fraction of sp³-hybridized carbons (Fsp3) is 0.357. The molecule has 0 bridgehead atoms. The molecule has 2 aromatic rings. The summed E-state index contributed by atoms with van der Waals surface area (Å²) >= 11 is 0. The molecule has 1 aromatic carbocycles. The Morgan fingerprint density at radius 2 is 2.00 bits per heavy atom. The molecule has 0 fully saturated rings. The van der Waals surface area contributed by atoms with Gasteiger partial charge in [-0.2, -0.15) is 0 Å². The summed E-state index contributed by atoms with van der Waals surface area (Å²) in [6, 6.07) is 4.44. The number of carbonyl (C=O) groups excluding carboxylic acids is 1. The molecule has 0 N–H and O–H groups in total. The molecule has 0 amide bonds. The smallest absolute Gasteiger partial charge is 0.340 e. The van der Waals surface area contributed by atoms with Crippen molar-refractivity contribution in [1.29, 1.82) is 0 Å². The first-order valence-corrected chi connectivity index (χ1v) is 6.16. The van der Waals surface area contributed by atoms with Gasteiger partial charge in [-0.15, -0.1) is 0 Å². The Kier molecular flexibility index (Phi) is 3.25. The lowest BCUT2D eigenvalue weighted by atomic mass is 10.1. The molecule has 0 aliphatic rings. The quantitative estimate of drug-likeness (QED) is 0.480. The summed E-state index contributed by atoms with van der Waals surface area (Å²) in [6.07, 6.45) is 1.63. The Balaban J connectivity index is 2.55. The van der Waals surface area contributed by atoms with E-state index in [0.29, 0.717) is 10.9 Å². The number of nitro benzene ring substituents is 1. The number of fused-ring (bicyclic) bond motifs is 1. The van der Waals surface area contributed by atoms with Gasteiger partial charge >= 0.3 is 5.97 Å². The highest BCUT2D eigenvalue weighted by atomic mass is 16.6. The van der Waals surface area contributed by atoms with E-state index in [9.17, 15) is 14.9 Å². The van der Waals surface area contributed by atoms with Crippen molar-refractivity contribution in [2.45, 2.75) is 26.4 Å². The van der Waals surface area contributed by atoms with Crippen LogP contribution in [0.3, 0.4) is 0 Å². The molecule has 1 aromatic heterocycles. The van der Waals surface area contributed by atoms with E-state index in [4.69, 9.17) is 4.74 Å². The van der Waals surface area contributed by atoms with Crippen molar-refractivity contribution in [3.05, 3.63) is 40.1 Å². The molecule has 0 saturated carbocycles. The molecule has 0 unspecified atom stereocenters. The second-order valence-corrected chi connectivity index (χ2v) is 5.61. The molecule has 0 atom stereocenters. The van der Waals surface area contributed by atoms with Crippen LogP contribution in [0, 0.1) is 10.1 Å². The Morgan fingerprint density at radius 3 is 2.55 bits per heavy atom. The Labute approximate surface area is 116 Å². The predicted molar refractivity (Wildman–Crippen MR) is 74.7 cm³/mol. The molecule has 106 valence electrons. The van der Waals surface area contributed by atoms with Crippen LogP contribution in [0.1, 0.15) is 31.1 Å². The first kappa shape index (κ1) is 14.0. The van der Waals surface area contributed by atoms with Gasteiger partial charge in [0.15, 0.2) is 0 Å². The third kappa shape index (κ3) is 2.64. The zero-order valence-electron chi connectivity index (χ0n) is 11.8. The molecule has 0 saturated heterocycles. The number of esters is 1. The summed E-state index contributed by atoms with van der Waals surface area (Å²) in [6.45, 7) is 5.33. The highest BCUT2D eigenvalue weighted by Crippen LogP contribution is 2.27. The van der Waals surface area contributed by atoms with Crippen LogP contribution < -0.4 is 0 Å². The average Bonchev–Trinajstić information content (AvgIpc) is 2.64. The Hall–Kier alpha value is -2.37. The van der Waals surface area contributed by atoms with Crippen molar-refractivity contribution in [3.8, 4) is 0 Å². The third-order valence-corrected chi connectivity index (χ3v) is 2.80. The van der Waals surface area contributed by atoms with Crippen LogP contribution >= 0.6 is 0 Å². The van der Waals surface area contributed by atoms with Crippen LogP contribution in [-0.2, 0) is 11.8 Å². The van der Waals surface area contributed by atoms with E-state index in [1.54, 1.807) is 44.6 Å². The number of aryl methyl sites for hydroxylation is 1. The Bertz CT molecular complexity index is 695. The van der Waals surface area contributed by atoms with Crippen LogP contribution in [-0.4, -0.2) is 21.1 Å². The van der Waals surface area contributed by atoms with E-state index in [-0.39, 0.29) is 5.69 Å². The zero-order chi connectivity index (χ0) is 15.1. The van der Waals surface area contributed by atoms with Crippen molar-refractivity contribution in [3.63, 3.8) is 0 Å². The minimum atomic E-state index is -0.611. The molecule has 6 heteroatoms. The molecule has 6 nitrogen and oxygen atoms in total. The van der Waals surface area contributed by atoms with Gasteiger partial charge in [0.05, 0.1) is 10.5 Å². The lowest BCUT2D eigenvalue weighted by molar-refractivity contribution is -0.384. The van der Waals surface area contributed by atoms with Gasteiger partial charge in [0.1, 0.15) is 5.60 Å². The summed E-state index contributed by atoms with van der Waals surface area (Å²) in [7, 11) is 1.78. The molecular formula is C14H16N2O4. The highest BCUT2D eigenvalue weighted by Gasteiger charge is 2.22. The van der Waals surface area contributed by atoms with Gasteiger partial charge in [0.2, 0.25) is 0 Å². The van der Waals surface area contributed by atoms with Gasteiger partial charge in [0.25, 0.3) is 5.69 Å². The van der Waals surface area contributed by atoms with E-state index >= 15 is 0 Å². The lowest BCUT2D eigenvalue weighted by Crippen LogP contribution is -2.23. The number of carbonyl (C=O) groups is 1. The number of nitrogens with zero attached hydrogens (tertiary/aromatic N) is 2. The summed E-state index contributed by atoms with van der Waals surface area (Å²) in [4.78, 5) is 22.5. The van der Waals surface area contributed by atoms with Gasteiger partial charge in [0, 0.05) is 36.3 Å². The van der Waals surface area contributed by atoms with Crippen molar-refractivity contribution in [2.24, 2.45) is 7.05 Å². The number of nitro groups is 1. The van der Waals surface area contributed by atoms with Gasteiger partial charge < -0.3 is 9.30 Å². The number of hydrogen-bond donors (Lipinski definition) is 0. The minimum absolute atomic E-state index is 0.0477. The second-order valence-electron chi connectivity index (χ2n) is 5.61. The molecule has 0 radical (unpaired) electrons. The molecular weight excluding hydrogens is 260 g/mol. The summed E-state index contributed by atoms with van der Waals surface area (Å²) in [5.74, 6) is -0.483. The van der Waals surface area contributed by atoms with Gasteiger partial charge in [-0.1, -0.05) is 0 Å². The largest absolute Gasteiger partial charge is 0.456 e. The normalized spacial score (nSPS) is 11.6. The summed E-state index contributed by atoms with van der Waals surface area (Å²) < 4.78 is 7.07. The summed E-state index contributed by atoms with van der Waals surface area (Å²) in [5.41, 5.74) is 0.422. The fourth-order valence-electron chi connectivity index (χ4n) is 1.99. The van der Waals surface area contributed by atoms with Crippen LogP contribution in [0.4, 0.5) is 5.69 Å². The van der Waals surface area contributed by atoms with E-state index in [0.717, 1.165) is 5.52 Å².